The average Bonchev–Trinajstić information content (AvgIpc) is 3.09. The number of fused-ring (bicyclic) bond motifs is 1. The zero-order chi connectivity index (χ0) is 20.8. The fourth-order valence-electron chi connectivity index (χ4n) is 3.79. The molecule has 1 aromatic heterocycles. The number of hydrogen-bond donors (Lipinski definition) is 2. The first-order chi connectivity index (χ1) is 14.0. The Morgan fingerprint density at radius 3 is 2.52 bits per heavy atom. The maximum atomic E-state index is 12.8. The number of nitrogens with one attached hydrogen (secondary N) is 2. The zero-order valence-electron chi connectivity index (χ0n) is 17.4. The number of quaternary nitrogens is 1. The molecule has 0 bridgehead atoms. The minimum atomic E-state index is -0.594. The van der Waals surface area contributed by atoms with Crippen molar-refractivity contribution in [3.8, 4) is 0 Å². The number of rotatable bonds is 8. The van der Waals surface area contributed by atoms with Crippen LogP contribution >= 0.6 is 0 Å². The largest absolute Gasteiger partial charge is 0.349 e. The number of likely N-dealkylation sites (tertiary alicyclic amines) is 1. The van der Waals surface area contributed by atoms with Crippen LogP contribution in [0.2, 0.25) is 0 Å². The van der Waals surface area contributed by atoms with Gasteiger partial charge in [-0.15, -0.1) is 0 Å². The van der Waals surface area contributed by atoms with Gasteiger partial charge in [0.15, 0.2) is 0 Å². The molecule has 2 aromatic rings. The second-order valence-corrected chi connectivity index (χ2v) is 8.02. The number of ketones is 1. The summed E-state index contributed by atoms with van der Waals surface area (Å²) in [6, 6.07) is 7.43. The topological polar surface area (TPSA) is 75.8 Å². The van der Waals surface area contributed by atoms with Crippen LogP contribution in [0.3, 0.4) is 0 Å². The van der Waals surface area contributed by atoms with Crippen LogP contribution in [0, 0.1) is 0 Å². The molecule has 3 rings (SSSR count). The van der Waals surface area contributed by atoms with Crippen molar-refractivity contribution in [3.05, 3.63) is 36.0 Å². The number of carbonyl (C=O) groups excluding carboxylic acids is 3. The van der Waals surface area contributed by atoms with Gasteiger partial charge < -0.3 is 19.7 Å². The highest BCUT2D eigenvalue weighted by Gasteiger charge is 2.23. The highest BCUT2D eigenvalue weighted by Crippen LogP contribution is 2.22. The molecule has 1 aromatic carbocycles. The first-order valence-electron chi connectivity index (χ1n) is 10.4. The molecular formula is C22H31N4O3+. The van der Waals surface area contributed by atoms with Crippen LogP contribution in [0.4, 0.5) is 0 Å². The number of aromatic nitrogens is 1. The Balaban J connectivity index is 1.74. The maximum absolute atomic E-state index is 12.8. The number of benzene rings is 1. The summed E-state index contributed by atoms with van der Waals surface area (Å²) in [5.74, 6) is -1.09. The summed E-state index contributed by atoms with van der Waals surface area (Å²) in [5.41, 5.74) is 1.15. The van der Waals surface area contributed by atoms with Gasteiger partial charge in [-0.3, -0.25) is 14.4 Å². The number of piperidine rings is 1. The van der Waals surface area contributed by atoms with E-state index < -0.39 is 11.7 Å². The summed E-state index contributed by atoms with van der Waals surface area (Å²) in [6.07, 6.45) is 5.71. The molecule has 0 unspecified atom stereocenters. The standard InChI is InChI=1S/C22H30N4O3/c1-24(2)12-8-11-23-22(29)21(28)18-15-26(19-10-5-4-9-17(18)19)16-20(27)25-13-6-3-7-14-25/h4-5,9-10,15H,3,6-8,11-14,16H2,1-2H3,(H,23,29)/p+1. The van der Waals surface area contributed by atoms with Crippen LogP contribution < -0.4 is 10.2 Å². The highest BCUT2D eigenvalue weighted by molar-refractivity contribution is 6.45. The third-order valence-electron chi connectivity index (χ3n) is 5.39. The van der Waals surface area contributed by atoms with E-state index in [4.69, 9.17) is 0 Å². The van der Waals surface area contributed by atoms with Crippen molar-refractivity contribution in [3.63, 3.8) is 0 Å². The molecule has 29 heavy (non-hydrogen) atoms. The van der Waals surface area contributed by atoms with Gasteiger partial charge >= 0.3 is 0 Å². The molecule has 2 N–H and O–H groups in total. The van der Waals surface area contributed by atoms with Gasteiger partial charge in [-0.25, -0.2) is 0 Å². The molecule has 0 radical (unpaired) electrons. The van der Waals surface area contributed by atoms with Gasteiger partial charge in [-0.2, -0.15) is 0 Å². The molecule has 1 saturated heterocycles. The van der Waals surface area contributed by atoms with Crippen molar-refractivity contribution in [1.82, 2.24) is 14.8 Å². The summed E-state index contributed by atoms with van der Waals surface area (Å²) < 4.78 is 1.79. The van der Waals surface area contributed by atoms with Gasteiger partial charge in [0, 0.05) is 43.2 Å². The van der Waals surface area contributed by atoms with Gasteiger partial charge in [0.2, 0.25) is 5.91 Å². The van der Waals surface area contributed by atoms with Gasteiger partial charge in [0.05, 0.1) is 26.2 Å². The van der Waals surface area contributed by atoms with Gasteiger partial charge in [0.25, 0.3) is 11.7 Å². The number of nitrogens with zero attached hydrogens (tertiary/aromatic N) is 2. The molecule has 2 heterocycles. The molecule has 1 aliphatic heterocycles. The Morgan fingerprint density at radius 1 is 1.07 bits per heavy atom. The van der Waals surface area contributed by atoms with E-state index in [1.807, 2.05) is 43.3 Å². The normalized spacial score (nSPS) is 14.4. The first kappa shape index (κ1) is 21.0. The van der Waals surface area contributed by atoms with E-state index in [2.05, 4.69) is 5.32 Å². The van der Waals surface area contributed by atoms with E-state index in [0.717, 1.165) is 44.4 Å². The van der Waals surface area contributed by atoms with Crippen LogP contribution in [0.15, 0.2) is 30.5 Å². The lowest BCUT2D eigenvalue weighted by Crippen LogP contribution is -3.05. The van der Waals surface area contributed by atoms with Gasteiger partial charge in [-0.1, -0.05) is 18.2 Å². The lowest BCUT2D eigenvalue weighted by molar-refractivity contribution is -0.858. The minimum Gasteiger partial charge on any atom is -0.349 e. The molecule has 1 aliphatic rings. The van der Waals surface area contributed by atoms with Gasteiger partial charge in [-0.05, 0) is 25.3 Å². The van der Waals surface area contributed by atoms with Crippen LogP contribution in [0.25, 0.3) is 10.9 Å². The van der Waals surface area contributed by atoms with Crippen LogP contribution in [-0.2, 0) is 16.1 Å². The van der Waals surface area contributed by atoms with Crippen LogP contribution in [-0.4, -0.2) is 67.3 Å². The van der Waals surface area contributed by atoms with Gasteiger partial charge in [0.1, 0.15) is 6.54 Å². The monoisotopic (exact) mass is 399 g/mol. The van der Waals surface area contributed by atoms with Crippen molar-refractivity contribution < 1.29 is 19.3 Å². The molecular weight excluding hydrogens is 368 g/mol. The summed E-state index contributed by atoms with van der Waals surface area (Å²) >= 11 is 0. The average molecular weight is 400 g/mol. The van der Waals surface area contributed by atoms with Crippen LogP contribution in [0.5, 0.6) is 0 Å². The lowest BCUT2D eigenvalue weighted by atomic mass is 10.1. The number of amides is 2. The Morgan fingerprint density at radius 2 is 1.79 bits per heavy atom. The molecule has 0 saturated carbocycles. The summed E-state index contributed by atoms with van der Waals surface area (Å²) in [6.45, 7) is 3.16. The zero-order valence-corrected chi connectivity index (χ0v) is 17.4. The predicted molar refractivity (Wildman–Crippen MR) is 112 cm³/mol. The fraction of sp³-hybridized carbons (Fsp3) is 0.500. The second-order valence-electron chi connectivity index (χ2n) is 8.02. The number of Topliss-reactive ketones (excluding diaryl/α,β-unsaturated/α-hetero) is 1. The number of hydrogen-bond acceptors (Lipinski definition) is 3. The highest BCUT2D eigenvalue weighted by atomic mass is 16.2. The van der Waals surface area contributed by atoms with Crippen molar-refractivity contribution in [2.75, 3.05) is 40.3 Å². The van der Waals surface area contributed by atoms with Crippen LogP contribution in [0.1, 0.15) is 36.0 Å². The smallest absolute Gasteiger partial charge is 0.292 e. The molecule has 0 atom stereocenters. The quantitative estimate of drug-likeness (QED) is 0.385. The SMILES string of the molecule is C[NH+](C)CCCNC(=O)C(=O)c1cn(CC(=O)N2CCCCC2)c2ccccc12. The Kier molecular flexibility index (Phi) is 7.04. The predicted octanol–water partition coefficient (Wildman–Crippen LogP) is 0.487. The fourth-order valence-corrected chi connectivity index (χ4v) is 3.79. The molecule has 0 aliphatic carbocycles. The van der Waals surface area contributed by atoms with E-state index in [9.17, 15) is 14.4 Å². The summed E-state index contributed by atoms with van der Waals surface area (Å²) in [7, 11) is 4.10. The Bertz CT molecular complexity index is 881. The number of para-hydroxylation sites is 1. The Labute approximate surface area is 171 Å². The van der Waals surface area contributed by atoms with E-state index in [-0.39, 0.29) is 12.5 Å². The van der Waals surface area contributed by atoms with Crippen molar-refractivity contribution >= 4 is 28.5 Å². The lowest BCUT2D eigenvalue weighted by Gasteiger charge is -2.27. The molecule has 2 amide bonds. The molecule has 0 spiro atoms. The molecule has 1 fully saturated rings. The Hall–Kier alpha value is -2.67. The van der Waals surface area contributed by atoms with E-state index in [0.29, 0.717) is 17.5 Å². The van der Waals surface area contributed by atoms with Crippen molar-refractivity contribution in [2.24, 2.45) is 0 Å². The minimum absolute atomic E-state index is 0.0556. The van der Waals surface area contributed by atoms with Crippen molar-refractivity contribution in [1.29, 1.82) is 0 Å². The summed E-state index contributed by atoms with van der Waals surface area (Å²) in [4.78, 5) is 41.0. The van der Waals surface area contributed by atoms with E-state index in [1.165, 1.54) is 11.3 Å². The first-order valence-corrected chi connectivity index (χ1v) is 10.4. The van der Waals surface area contributed by atoms with Crippen molar-refractivity contribution in [2.45, 2.75) is 32.2 Å². The molecule has 7 nitrogen and oxygen atoms in total. The summed E-state index contributed by atoms with van der Waals surface area (Å²) in [5, 5.41) is 3.42. The van der Waals surface area contributed by atoms with E-state index >= 15 is 0 Å². The molecule has 156 valence electrons. The second kappa shape index (κ2) is 9.69. The van der Waals surface area contributed by atoms with E-state index in [1.54, 1.807) is 10.8 Å². The third-order valence-corrected chi connectivity index (χ3v) is 5.39. The number of carbonyl (C=O) groups is 3. The molecule has 7 heteroatoms. The maximum Gasteiger partial charge on any atom is 0.292 e. The third kappa shape index (κ3) is 5.23.